The molecule has 4 unspecified atom stereocenters. The van der Waals surface area contributed by atoms with Crippen LogP contribution in [0.4, 0.5) is 0 Å². The van der Waals surface area contributed by atoms with Crippen molar-refractivity contribution in [3.8, 4) is 0 Å². The van der Waals surface area contributed by atoms with Gasteiger partial charge < -0.3 is 11.5 Å². The lowest BCUT2D eigenvalue weighted by Crippen LogP contribution is -2.32. The van der Waals surface area contributed by atoms with Gasteiger partial charge >= 0.3 is 0 Å². The zero-order chi connectivity index (χ0) is 27.5. The molecule has 0 saturated heterocycles. The monoisotopic (exact) mass is 533 g/mol. The van der Waals surface area contributed by atoms with E-state index in [0.29, 0.717) is 0 Å². The molecule has 2 nitrogen and oxygen atoms in total. The van der Waals surface area contributed by atoms with E-state index in [1.807, 2.05) is 0 Å². The lowest BCUT2D eigenvalue weighted by atomic mass is 9.64. The topological polar surface area (TPSA) is 52.0 Å². The third kappa shape index (κ3) is 18.1. The van der Waals surface area contributed by atoms with Crippen LogP contribution in [0, 0.1) is 23.7 Å². The number of rotatable bonds is 28. The number of allylic oxidation sites excluding steroid dienone is 2. The minimum absolute atomic E-state index is 0.846. The van der Waals surface area contributed by atoms with Crippen molar-refractivity contribution in [3.63, 3.8) is 0 Å². The van der Waals surface area contributed by atoms with E-state index in [4.69, 9.17) is 11.5 Å². The fourth-order valence-electron chi connectivity index (χ4n) is 7.11. The van der Waals surface area contributed by atoms with Crippen LogP contribution in [0.5, 0.6) is 0 Å². The molecule has 4 atom stereocenters. The first kappa shape index (κ1) is 35.7. The summed E-state index contributed by atoms with van der Waals surface area (Å²) in [6, 6.07) is 0. The van der Waals surface area contributed by atoms with Gasteiger partial charge in [0, 0.05) is 0 Å². The molecule has 0 saturated carbocycles. The highest BCUT2D eigenvalue weighted by atomic mass is 14.5. The van der Waals surface area contributed by atoms with Gasteiger partial charge in [-0.05, 0) is 75.3 Å². The largest absolute Gasteiger partial charge is 0.330 e. The molecule has 4 N–H and O–H groups in total. The first-order chi connectivity index (χ1) is 18.8. The molecule has 0 spiro atoms. The zero-order valence-electron chi connectivity index (χ0n) is 26.4. The average Bonchev–Trinajstić information content (AvgIpc) is 2.93. The molecule has 0 aromatic heterocycles. The van der Waals surface area contributed by atoms with Gasteiger partial charge in [-0.1, -0.05) is 154 Å². The fraction of sp³-hybridized carbons (Fsp3) is 0.944. The number of unbranched alkanes of at least 4 members (excludes halogenated alkanes) is 18. The van der Waals surface area contributed by atoms with Crippen LogP contribution in [-0.4, -0.2) is 13.1 Å². The number of hydrogen-bond donors (Lipinski definition) is 2. The summed E-state index contributed by atoms with van der Waals surface area (Å²) in [5.41, 5.74) is 11.3. The van der Waals surface area contributed by atoms with E-state index in [1.54, 1.807) is 0 Å². The second kappa shape index (κ2) is 26.9. The Kier molecular flexibility index (Phi) is 25.2. The van der Waals surface area contributed by atoms with Crippen LogP contribution in [0.25, 0.3) is 0 Å². The molecule has 0 heterocycles. The van der Waals surface area contributed by atoms with Crippen molar-refractivity contribution < 1.29 is 0 Å². The summed E-state index contributed by atoms with van der Waals surface area (Å²) in [5, 5.41) is 0. The molecular formula is C36H72N2. The van der Waals surface area contributed by atoms with E-state index >= 15 is 0 Å². The molecule has 0 radical (unpaired) electrons. The molecule has 1 aliphatic rings. The van der Waals surface area contributed by atoms with Gasteiger partial charge in [0.1, 0.15) is 0 Å². The van der Waals surface area contributed by atoms with Crippen LogP contribution in [-0.2, 0) is 0 Å². The van der Waals surface area contributed by atoms with E-state index in [2.05, 4.69) is 26.0 Å². The molecule has 1 aliphatic carbocycles. The molecule has 226 valence electrons. The van der Waals surface area contributed by atoms with Crippen molar-refractivity contribution >= 4 is 0 Å². The van der Waals surface area contributed by atoms with Gasteiger partial charge in [0.15, 0.2) is 0 Å². The molecule has 1 rings (SSSR count). The zero-order valence-corrected chi connectivity index (χ0v) is 26.4. The lowest BCUT2D eigenvalue weighted by molar-refractivity contribution is 0.145. The highest BCUT2D eigenvalue weighted by Crippen LogP contribution is 2.44. The highest BCUT2D eigenvalue weighted by Gasteiger charge is 2.34. The van der Waals surface area contributed by atoms with E-state index < -0.39 is 0 Å². The first-order valence-corrected chi connectivity index (χ1v) is 17.9. The summed E-state index contributed by atoms with van der Waals surface area (Å²) >= 11 is 0. The Morgan fingerprint density at radius 3 is 1.00 bits per heavy atom. The van der Waals surface area contributed by atoms with Crippen LogP contribution in [0.1, 0.15) is 181 Å². The first-order valence-electron chi connectivity index (χ1n) is 17.9. The van der Waals surface area contributed by atoms with Crippen LogP contribution in [0.2, 0.25) is 0 Å². The summed E-state index contributed by atoms with van der Waals surface area (Å²) in [4.78, 5) is 0. The Morgan fingerprint density at radius 1 is 0.368 bits per heavy atom. The molecule has 38 heavy (non-hydrogen) atoms. The summed E-state index contributed by atoms with van der Waals surface area (Å²) in [6.07, 6.45) is 42.0. The Labute approximate surface area is 240 Å². The molecule has 0 bridgehead atoms. The van der Waals surface area contributed by atoms with E-state index in [0.717, 1.165) is 36.8 Å². The Bertz CT molecular complexity index is 502. The third-order valence-electron chi connectivity index (χ3n) is 9.52. The van der Waals surface area contributed by atoms with E-state index in [1.165, 1.54) is 167 Å². The molecular weight excluding hydrogens is 460 g/mol. The predicted octanol–water partition coefficient (Wildman–Crippen LogP) is 11.1. The summed E-state index contributed by atoms with van der Waals surface area (Å²) < 4.78 is 0. The summed E-state index contributed by atoms with van der Waals surface area (Å²) in [6.45, 7) is 6.43. The van der Waals surface area contributed by atoms with Gasteiger partial charge in [0.2, 0.25) is 0 Å². The van der Waals surface area contributed by atoms with Gasteiger partial charge in [0.25, 0.3) is 0 Å². The second-order valence-corrected chi connectivity index (χ2v) is 12.8. The average molecular weight is 533 g/mol. The Morgan fingerprint density at radius 2 is 0.658 bits per heavy atom. The van der Waals surface area contributed by atoms with Crippen LogP contribution in [0.3, 0.4) is 0 Å². The highest BCUT2D eigenvalue weighted by molar-refractivity contribution is 5.05. The van der Waals surface area contributed by atoms with Crippen LogP contribution >= 0.6 is 0 Å². The van der Waals surface area contributed by atoms with Crippen molar-refractivity contribution in [2.75, 3.05) is 13.1 Å². The standard InChI is InChI=1S/C36H72N2/c1-3-5-7-19-25-33-29-30-34(26-20-15-12-14-18-24-32-38)36(35(33)27-21-8-6-4-2)28-22-16-11-9-10-13-17-23-31-37/h29-30,33-36H,3-28,31-32,37-38H2,1-2H3. The Balaban J connectivity index is 2.67. The number of nitrogens with two attached hydrogens (primary N) is 2. The van der Waals surface area contributed by atoms with E-state index in [-0.39, 0.29) is 0 Å². The summed E-state index contributed by atoms with van der Waals surface area (Å²) in [7, 11) is 0. The van der Waals surface area contributed by atoms with Gasteiger partial charge in [-0.15, -0.1) is 0 Å². The fourth-order valence-corrected chi connectivity index (χ4v) is 7.11. The normalized spacial score (nSPS) is 21.4. The smallest absolute Gasteiger partial charge is 0.00773 e. The van der Waals surface area contributed by atoms with Gasteiger partial charge in [-0.25, -0.2) is 0 Å². The predicted molar refractivity (Wildman–Crippen MR) is 173 cm³/mol. The summed E-state index contributed by atoms with van der Waals surface area (Å²) in [5.74, 6) is 3.59. The molecule has 0 aliphatic heterocycles. The van der Waals surface area contributed by atoms with Crippen LogP contribution in [0.15, 0.2) is 12.2 Å². The molecule has 2 heteroatoms. The van der Waals surface area contributed by atoms with Crippen molar-refractivity contribution in [1.29, 1.82) is 0 Å². The van der Waals surface area contributed by atoms with Gasteiger partial charge in [-0.2, -0.15) is 0 Å². The van der Waals surface area contributed by atoms with Gasteiger partial charge in [-0.3, -0.25) is 0 Å². The molecule has 0 fully saturated rings. The number of hydrogen-bond acceptors (Lipinski definition) is 2. The SMILES string of the molecule is CCCCCCC1C=CC(CCCCCCCCN)C(CCCCCCCCCCN)C1CCCCCC. The quantitative estimate of drug-likeness (QED) is 0.0777. The van der Waals surface area contributed by atoms with Crippen molar-refractivity contribution in [2.24, 2.45) is 35.1 Å². The minimum atomic E-state index is 0.846. The minimum Gasteiger partial charge on any atom is -0.330 e. The maximum Gasteiger partial charge on any atom is -0.00773 e. The maximum absolute atomic E-state index is 5.68. The lowest BCUT2D eigenvalue weighted by Gasteiger charge is -2.41. The molecule has 0 amide bonds. The Hall–Kier alpha value is -0.340. The molecule has 0 aromatic carbocycles. The van der Waals surface area contributed by atoms with Crippen molar-refractivity contribution in [1.82, 2.24) is 0 Å². The van der Waals surface area contributed by atoms with Crippen LogP contribution < -0.4 is 11.5 Å². The van der Waals surface area contributed by atoms with Crippen molar-refractivity contribution in [3.05, 3.63) is 12.2 Å². The van der Waals surface area contributed by atoms with Crippen molar-refractivity contribution in [2.45, 2.75) is 181 Å². The molecule has 0 aromatic rings. The maximum atomic E-state index is 5.68. The second-order valence-electron chi connectivity index (χ2n) is 12.8. The van der Waals surface area contributed by atoms with Gasteiger partial charge in [0.05, 0.1) is 0 Å². The third-order valence-corrected chi connectivity index (χ3v) is 9.52. The van der Waals surface area contributed by atoms with E-state index in [9.17, 15) is 0 Å².